The van der Waals surface area contributed by atoms with Crippen LogP contribution in [0.1, 0.15) is 26.2 Å². The first kappa shape index (κ1) is 23.5. The summed E-state index contributed by atoms with van der Waals surface area (Å²) in [6.07, 6.45) is 14.4. The summed E-state index contributed by atoms with van der Waals surface area (Å²) in [5, 5.41) is 16.3. The molecule has 0 aliphatic carbocycles. The zero-order valence-corrected chi connectivity index (χ0v) is 12.8. The average Bonchev–Trinajstić information content (AvgIpc) is 2.51. The highest BCUT2D eigenvalue weighted by atomic mass is 16.4. The maximum absolute atomic E-state index is 9.25. The quantitative estimate of drug-likeness (QED) is 0.408. The van der Waals surface area contributed by atoms with Crippen molar-refractivity contribution >= 4 is 5.97 Å². The summed E-state index contributed by atoms with van der Waals surface area (Å²) in [4.78, 5) is 9.25. The van der Waals surface area contributed by atoms with E-state index in [0.29, 0.717) is 0 Å². The van der Waals surface area contributed by atoms with Crippen molar-refractivity contribution in [2.45, 2.75) is 26.2 Å². The average molecular weight is 287 g/mol. The third-order valence-electron chi connectivity index (χ3n) is 1.83. The Labute approximate surface area is 128 Å². The van der Waals surface area contributed by atoms with Crippen molar-refractivity contribution in [3.05, 3.63) is 74.4 Å². The number of rotatable bonds is 7. The molecule has 0 aliphatic heterocycles. The number of aliphatic carboxylic acids is 1. The van der Waals surface area contributed by atoms with E-state index in [1.165, 1.54) is 0 Å². The summed E-state index contributed by atoms with van der Waals surface area (Å²) >= 11 is 0. The molecule has 0 unspecified atom stereocenters. The second-order valence-electron chi connectivity index (χ2n) is 3.54. The third-order valence-corrected chi connectivity index (χ3v) is 1.83. The Hall–Kier alpha value is -2.60. The number of nitriles is 1. The normalized spacial score (nSPS) is 9.05. The van der Waals surface area contributed by atoms with E-state index >= 15 is 0 Å². The van der Waals surface area contributed by atoms with Gasteiger partial charge in [-0.3, -0.25) is 0 Å². The Kier molecular flexibility index (Phi) is 25.2. The van der Waals surface area contributed by atoms with Crippen LogP contribution in [-0.4, -0.2) is 11.1 Å². The molecule has 21 heavy (non-hydrogen) atoms. The van der Waals surface area contributed by atoms with Crippen molar-refractivity contribution in [1.29, 1.82) is 5.26 Å². The molecule has 0 amide bonds. The molecule has 0 bridgehead atoms. The molecule has 0 atom stereocenters. The standard InChI is InChI=1S/C11H15N.C4H6.C3H4O2/c1-3-5-7-9-11(10-12)8-6-4-2;1-3-4-2;1-2-3(4)5/h3,5,7,9H,1,4,6,8H2,2H3;3-4H,1-2H2;2H,1H2,(H,4,5). The second-order valence-corrected chi connectivity index (χ2v) is 3.54. The first-order chi connectivity index (χ1) is 10.0. The van der Waals surface area contributed by atoms with E-state index in [0.717, 1.165) is 30.9 Å². The molecule has 0 rings (SSSR count). The predicted octanol–water partition coefficient (Wildman–Crippen LogP) is 4.98. The van der Waals surface area contributed by atoms with Gasteiger partial charge in [0.15, 0.2) is 0 Å². The SMILES string of the molecule is C=CC(=O)O.C=CC=C.C=CC=CC=C(C#N)CCCC. The van der Waals surface area contributed by atoms with E-state index in [-0.39, 0.29) is 0 Å². The Bertz CT molecular complexity index is 403. The molecule has 1 N–H and O–H groups in total. The maximum Gasteiger partial charge on any atom is 0.327 e. The molecule has 0 aliphatic rings. The van der Waals surface area contributed by atoms with Crippen LogP contribution in [0.25, 0.3) is 0 Å². The van der Waals surface area contributed by atoms with Crippen molar-refractivity contribution < 1.29 is 9.90 Å². The summed E-state index contributed by atoms with van der Waals surface area (Å²) in [7, 11) is 0. The van der Waals surface area contributed by atoms with Crippen LogP contribution in [0.4, 0.5) is 0 Å². The van der Waals surface area contributed by atoms with Gasteiger partial charge in [0.25, 0.3) is 0 Å². The minimum absolute atomic E-state index is 0.833. The lowest BCUT2D eigenvalue weighted by atomic mass is 10.1. The summed E-state index contributed by atoms with van der Waals surface area (Å²) in [6, 6.07) is 2.17. The van der Waals surface area contributed by atoms with Crippen molar-refractivity contribution in [2.75, 3.05) is 0 Å². The molecule has 0 spiro atoms. The number of allylic oxidation sites excluding steroid dienone is 7. The Morgan fingerprint density at radius 3 is 1.95 bits per heavy atom. The number of nitrogens with zero attached hydrogens (tertiary/aromatic N) is 1. The lowest BCUT2D eigenvalue weighted by molar-refractivity contribution is -0.131. The van der Waals surface area contributed by atoms with E-state index in [1.54, 1.807) is 18.2 Å². The zero-order valence-electron chi connectivity index (χ0n) is 12.8. The van der Waals surface area contributed by atoms with Gasteiger partial charge in [-0.2, -0.15) is 5.26 Å². The van der Waals surface area contributed by atoms with E-state index in [2.05, 4.69) is 39.3 Å². The minimum atomic E-state index is -0.981. The molecule has 3 nitrogen and oxygen atoms in total. The number of unbranched alkanes of at least 4 members (excludes halogenated alkanes) is 1. The van der Waals surface area contributed by atoms with Gasteiger partial charge in [0.05, 0.1) is 6.07 Å². The summed E-state index contributed by atoms with van der Waals surface area (Å²) in [6.45, 7) is 15.3. The minimum Gasteiger partial charge on any atom is -0.478 e. The van der Waals surface area contributed by atoms with Crippen LogP contribution in [0.2, 0.25) is 0 Å². The molecule has 0 radical (unpaired) electrons. The van der Waals surface area contributed by atoms with Gasteiger partial charge in [0.1, 0.15) is 0 Å². The molecule has 0 aromatic heterocycles. The van der Waals surface area contributed by atoms with Gasteiger partial charge in [-0.15, -0.1) is 0 Å². The van der Waals surface area contributed by atoms with Gasteiger partial charge >= 0.3 is 5.97 Å². The molecule has 0 saturated heterocycles. The topological polar surface area (TPSA) is 61.1 Å². The van der Waals surface area contributed by atoms with E-state index in [9.17, 15) is 4.79 Å². The molecule has 114 valence electrons. The molecule has 3 heteroatoms. The van der Waals surface area contributed by atoms with Crippen LogP contribution in [0.15, 0.2) is 74.4 Å². The van der Waals surface area contributed by atoms with Crippen LogP contribution in [0, 0.1) is 11.3 Å². The van der Waals surface area contributed by atoms with Crippen LogP contribution in [0.3, 0.4) is 0 Å². The fourth-order valence-corrected chi connectivity index (χ4v) is 0.794. The van der Waals surface area contributed by atoms with Crippen molar-refractivity contribution in [3.63, 3.8) is 0 Å². The molecular formula is C18H25NO2. The van der Waals surface area contributed by atoms with Gasteiger partial charge in [0.2, 0.25) is 0 Å². The van der Waals surface area contributed by atoms with E-state index in [4.69, 9.17) is 10.4 Å². The van der Waals surface area contributed by atoms with E-state index in [1.807, 2.05) is 18.2 Å². The Balaban J connectivity index is -0.000000297. The van der Waals surface area contributed by atoms with Crippen LogP contribution < -0.4 is 0 Å². The summed E-state index contributed by atoms with van der Waals surface area (Å²) in [5.41, 5.74) is 0.843. The lowest BCUT2D eigenvalue weighted by Gasteiger charge is -1.92. The van der Waals surface area contributed by atoms with Gasteiger partial charge < -0.3 is 5.11 Å². The highest BCUT2D eigenvalue weighted by Crippen LogP contribution is 2.05. The Morgan fingerprint density at radius 1 is 1.14 bits per heavy atom. The predicted molar refractivity (Wildman–Crippen MR) is 90.8 cm³/mol. The fraction of sp³-hybridized carbons (Fsp3) is 0.222. The monoisotopic (exact) mass is 287 g/mol. The summed E-state index contributed by atoms with van der Waals surface area (Å²) in [5.74, 6) is -0.981. The number of hydrogen-bond acceptors (Lipinski definition) is 2. The van der Waals surface area contributed by atoms with Crippen molar-refractivity contribution in [3.8, 4) is 6.07 Å². The molecule has 0 fully saturated rings. The Morgan fingerprint density at radius 2 is 1.67 bits per heavy atom. The number of carboxylic acids is 1. The van der Waals surface area contributed by atoms with Gasteiger partial charge in [-0.05, 0) is 18.9 Å². The maximum atomic E-state index is 9.25. The fourth-order valence-electron chi connectivity index (χ4n) is 0.794. The van der Waals surface area contributed by atoms with Crippen LogP contribution in [-0.2, 0) is 4.79 Å². The third kappa shape index (κ3) is 31.8. The first-order valence-corrected chi connectivity index (χ1v) is 6.51. The lowest BCUT2D eigenvalue weighted by Crippen LogP contribution is -1.82. The second kappa shape index (κ2) is 22.6. The molecular weight excluding hydrogens is 262 g/mol. The van der Waals surface area contributed by atoms with Gasteiger partial charge in [-0.25, -0.2) is 4.79 Å². The first-order valence-electron chi connectivity index (χ1n) is 6.51. The van der Waals surface area contributed by atoms with Crippen LogP contribution in [0.5, 0.6) is 0 Å². The highest BCUT2D eigenvalue weighted by molar-refractivity contribution is 5.78. The molecule has 0 aromatic carbocycles. The zero-order chi connectivity index (χ0) is 16.9. The van der Waals surface area contributed by atoms with Gasteiger partial charge in [0, 0.05) is 11.6 Å². The van der Waals surface area contributed by atoms with Crippen molar-refractivity contribution in [2.24, 2.45) is 0 Å². The van der Waals surface area contributed by atoms with E-state index < -0.39 is 5.97 Å². The number of hydrogen-bond donors (Lipinski definition) is 1. The largest absolute Gasteiger partial charge is 0.478 e. The molecule has 0 heterocycles. The highest BCUT2D eigenvalue weighted by Gasteiger charge is 1.91. The smallest absolute Gasteiger partial charge is 0.327 e. The van der Waals surface area contributed by atoms with Crippen LogP contribution >= 0.6 is 0 Å². The van der Waals surface area contributed by atoms with Crippen molar-refractivity contribution in [1.82, 2.24) is 0 Å². The molecule has 0 aromatic rings. The summed E-state index contributed by atoms with van der Waals surface area (Å²) < 4.78 is 0. The number of carboxylic acid groups (broad SMARTS) is 1. The van der Waals surface area contributed by atoms with Gasteiger partial charge in [-0.1, -0.05) is 70.0 Å². The molecule has 0 saturated carbocycles. The number of carbonyl (C=O) groups is 1.